The van der Waals surface area contributed by atoms with Crippen molar-refractivity contribution in [3.63, 3.8) is 0 Å². The summed E-state index contributed by atoms with van der Waals surface area (Å²) in [5.41, 5.74) is 0.0265. The maximum atomic E-state index is 14.4. The fraction of sp³-hybridized carbons (Fsp3) is 0.100. The molecule has 0 unspecified atom stereocenters. The van der Waals surface area contributed by atoms with Crippen molar-refractivity contribution in [1.82, 2.24) is 0 Å². The third-order valence-corrected chi connectivity index (χ3v) is 3.48. The fourth-order valence-electron chi connectivity index (χ4n) is 2.20. The molecule has 0 spiro atoms. The minimum absolute atomic E-state index is 0.0636. The summed E-state index contributed by atoms with van der Waals surface area (Å²) in [4.78, 5) is 23.0. The molecule has 0 amide bonds. The maximum Gasteiger partial charge on any atom is 0.333 e. The maximum absolute atomic E-state index is 14.4. The standard InChI is InChI=1S/C20H16F2O4/c1-3-16(23)25-20(26-17(24)4-2)12-10-15(11-13-20)19(22)18(21)14-8-6-5-7-9-14/h3-12H,1-2,13H2. The van der Waals surface area contributed by atoms with Crippen LogP contribution in [0.1, 0.15) is 12.0 Å². The third kappa shape index (κ3) is 4.42. The lowest BCUT2D eigenvalue weighted by Gasteiger charge is -2.30. The third-order valence-electron chi connectivity index (χ3n) is 3.48. The second-order valence-electron chi connectivity index (χ2n) is 5.25. The first-order chi connectivity index (χ1) is 12.4. The van der Waals surface area contributed by atoms with E-state index in [0.717, 1.165) is 12.2 Å². The minimum atomic E-state index is -1.77. The van der Waals surface area contributed by atoms with Gasteiger partial charge in [-0.05, 0) is 6.08 Å². The molecule has 1 aromatic rings. The molecule has 0 saturated heterocycles. The molecular formula is C20H16F2O4. The normalized spacial score (nSPS) is 16.0. The Morgan fingerprint density at radius 1 is 1.00 bits per heavy atom. The summed E-state index contributed by atoms with van der Waals surface area (Å²) in [5.74, 6) is -5.56. The van der Waals surface area contributed by atoms with Crippen LogP contribution in [0.2, 0.25) is 0 Å². The summed E-state index contributed by atoms with van der Waals surface area (Å²) >= 11 is 0. The molecule has 0 heterocycles. The Hall–Kier alpha value is -3.28. The molecule has 134 valence electrons. The van der Waals surface area contributed by atoms with Crippen molar-refractivity contribution in [2.75, 3.05) is 0 Å². The van der Waals surface area contributed by atoms with Gasteiger partial charge >= 0.3 is 11.9 Å². The van der Waals surface area contributed by atoms with Crippen molar-refractivity contribution in [3.8, 4) is 0 Å². The predicted molar refractivity (Wildman–Crippen MR) is 92.7 cm³/mol. The molecule has 1 aromatic carbocycles. The summed E-state index contributed by atoms with van der Waals surface area (Å²) in [5, 5.41) is 0. The Bertz CT molecular complexity index is 797. The Labute approximate surface area is 149 Å². The molecule has 4 nitrogen and oxygen atoms in total. The van der Waals surface area contributed by atoms with E-state index in [4.69, 9.17) is 9.47 Å². The number of halogens is 2. The molecule has 0 N–H and O–H groups in total. The lowest BCUT2D eigenvalue weighted by Crippen LogP contribution is -2.38. The molecule has 2 rings (SSSR count). The van der Waals surface area contributed by atoms with Crippen LogP contribution in [0.5, 0.6) is 0 Å². The molecule has 26 heavy (non-hydrogen) atoms. The number of hydrogen-bond donors (Lipinski definition) is 0. The van der Waals surface area contributed by atoms with E-state index in [0.29, 0.717) is 0 Å². The van der Waals surface area contributed by atoms with Crippen molar-refractivity contribution in [3.05, 3.63) is 90.8 Å². The summed E-state index contributed by atoms with van der Waals surface area (Å²) in [6.45, 7) is 6.53. The van der Waals surface area contributed by atoms with Crippen LogP contribution in [-0.4, -0.2) is 17.7 Å². The summed E-state index contributed by atoms with van der Waals surface area (Å²) in [6.07, 6.45) is 5.20. The summed E-state index contributed by atoms with van der Waals surface area (Å²) in [6, 6.07) is 7.72. The quantitative estimate of drug-likeness (QED) is 0.431. The van der Waals surface area contributed by atoms with Crippen molar-refractivity contribution < 1.29 is 27.8 Å². The molecule has 0 aromatic heterocycles. The summed E-state index contributed by atoms with van der Waals surface area (Å²) in [7, 11) is 0. The lowest BCUT2D eigenvalue weighted by molar-refractivity contribution is -0.204. The van der Waals surface area contributed by atoms with E-state index in [2.05, 4.69) is 13.2 Å². The number of ether oxygens (including phenoxy) is 2. The average molecular weight is 358 g/mol. The van der Waals surface area contributed by atoms with Crippen LogP contribution in [0.25, 0.3) is 5.83 Å². The van der Waals surface area contributed by atoms with E-state index in [1.54, 1.807) is 18.2 Å². The zero-order valence-electron chi connectivity index (χ0n) is 13.8. The minimum Gasteiger partial charge on any atom is -0.415 e. The second kappa shape index (κ2) is 8.20. The molecule has 0 aliphatic heterocycles. The van der Waals surface area contributed by atoms with Gasteiger partial charge in [-0.2, -0.15) is 0 Å². The Morgan fingerprint density at radius 2 is 1.58 bits per heavy atom. The first-order valence-corrected chi connectivity index (χ1v) is 7.62. The van der Waals surface area contributed by atoms with Gasteiger partial charge in [0.25, 0.3) is 5.79 Å². The van der Waals surface area contributed by atoms with Crippen molar-refractivity contribution >= 4 is 17.8 Å². The van der Waals surface area contributed by atoms with Gasteiger partial charge in [-0.3, -0.25) is 0 Å². The zero-order valence-corrected chi connectivity index (χ0v) is 13.8. The van der Waals surface area contributed by atoms with Crippen LogP contribution in [-0.2, 0) is 19.1 Å². The van der Waals surface area contributed by atoms with E-state index >= 15 is 0 Å². The lowest BCUT2D eigenvalue weighted by atomic mass is 9.99. The van der Waals surface area contributed by atoms with E-state index < -0.39 is 29.4 Å². The first-order valence-electron chi connectivity index (χ1n) is 7.62. The van der Waals surface area contributed by atoms with Crippen LogP contribution >= 0.6 is 0 Å². The number of carbonyl (C=O) groups is 2. The highest BCUT2D eigenvalue weighted by Crippen LogP contribution is 2.33. The Morgan fingerprint density at radius 3 is 2.04 bits per heavy atom. The topological polar surface area (TPSA) is 52.6 Å². The number of rotatable bonds is 6. The molecule has 0 saturated carbocycles. The van der Waals surface area contributed by atoms with Crippen molar-refractivity contribution in [2.45, 2.75) is 12.2 Å². The van der Waals surface area contributed by atoms with Crippen molar-refractivity contribution in [1.29, 1.82) is 0 Å². The van der Waals surface area contributed by atoms with Crippen LogP contribution in [0, 0.1) is 0 Å². The van der Waals surface area contributed by atoms with Crippen LogP contribution < -0.4 is 0 Å². The highest BCUT2D eigenvalue weighted by molar-refractivity contribution is 5.84. The number of carbonyl (C=O) groups excluding carboxylic acids is 2. The molecule has 0 bridgehead atoms. The van der Waals surface area contributed by atoms with E-state index in [1.165, 1.54) is 30.4 Å². The molecule has 1 aliphatic carbocycles. The van der Waals surface area contributed by atoms with Gasteiger partial charge in [-0.15, -0.1) is 0 Å². The molecule has 0 radical (unpaired) electrons. The first kappa shape index (κ1) is 19.1. The number of esters is 2. The highest BCUT2D eigenvalue weighted by atomic mass is 19.2. The Kier molecular flexibility index (Phi) is 6.01. The van der Waals surface area contributed by atoms with Gasteiger partial charge in [0.15, 0.2) is 11.7 Å². The van der Waals surface area contributed by atoms with Crippen LogP contribution in [0.3, 0.4) is 0 Å². The SMILES string of the molecule is C=CC(=O)OC1(OC(=O)C=C)C=CC(C(F)=C(F)c2ccccc2)=CC1. The molecular weight excluding hydrogens is 342 g/mol. The largest absolute Gasteiger partial charge is 0.415 e. The predicted octanol–water partition coefficient (Wildman–Crippen LogP) is 4.34. The molecule has 1 aliphatic rings. The van der Waals surface area contributed by atoms with Gasteiger partial charge in [0.1, 0.15) is 0 Å². The van der Waals surface area contributed by atoms with Gasteiger partial charge in [-0.1, -0.05) is 49.6 Å². The Balaban J connectivity index is 2.29. The molecule has 6 heteroatoms. The van der Waals surface area contributed by atoms with Crippen LogP contribution in [0.4, 0.5) is 8.78 Å². The van der Waals surface area contributed by atoms with Crippen LogP contribution in [0.15, 0.2) is 85.3 Å². The summed E-state index contributed by atoms with van der Waals surface area (Å²) < 4.78 is 38.8. The zero-order chi connectivity index (χ0) is 19.2. The molecule has 0 atom stereocenters. The van der Waals surface area contributed by atoms with Gasteiger partial charge in [0.2, 0.25) is 0 Å². The van der Waals surface area contributed by atoms with Gasteiger partial charge < -0.3 is 9.47 Å². The van der Waals surface area contributed by atoms with Gasteiger partial charge in [0, 0.05) is 35.8 Å². The van der Waals surface area contributed by atoms with Crippen molar-refractivity contribution in [2.24, 2.45) is 0 Å². The number of hydrogen-bond acceptors (Lipinski definition) is 4. The monoisotopic (exact) mass is 358 g/mol. The fourth-order valence-corrected chi connectivity index (χ4v) is 2.20. The van der Waals surface area contributed by atoms with E-state index in [-0.39, 0.29) is 17.6 Å². The van der Waals surface area contributed by atoms with E-state index in [9.17, 15) is 18.4 Å². The second-order valence-corrected chi connectivity index (χ2v) is 5.25. The smallest absolute Gasteiger partial charge is 0.333 e. The van der Waals surface area contributed by atoms with Gasteiger partial charge in [0.05, 0.1) is 0 Å². The number of allylic oxidation sites excluding steroid dienone is 3. The molecule has 0 fully saturated rings. The highest BCUT2D eigenvalue weighted by Gasteiger charge is 2.36. The average Bonchev–Trinajstić information content (AvgIpc) is 2.67. The van der Waals surface area contributed by atoms with Gasteiger partial charge in [-0.25, -0.2) is 18.4 Å². The van der Waals surface area contributed by atoms with E-state index in [1.807, 2.05) is 0 Å². The number of benzene rings is 1.